The molecule has 132 valence electrons. The summed E-state index contributed by atoms with van der Waals surface area (Å²) in [7, 11) is 0. The second-order valence-electron chi connectivity index (χ2n) is 4.79. The number of benzene rings is 2. The van der Waals surface area contributed by atoms with Gasteiger partial charge < -0.3 is 14.2 Å². The number of hydrogen-bond acceptors (Lipinski definition) is 6. The Balaban J connectivity index is 1.93. The number of carbonyl (C=O) groups excluding carboxylic acids is 1. The van der Waals surface area contributed by atoms with Gasteiger partial charge in [0, 0.05) is 6.07 Å². The van der Waals surface area contributed by atoms with Crippen molar-refractivity contribution in [3.8, 4) is 11.5 Å². The predicted molar refractivity (Wildman–Crippen MR) is 86.4 cm³/mol. The number of rotatable bonds is 8. The molecule has 0 radical (unpaired) electrons. The van der Waals surface area contributed by atoms with Crippen LogP contribution in [0.25, 0.3) is 0 Å². The van der Waals surface area contributed by atoms with Gasteiger partial charge in [0.1, 0.15) is 13.2 Å². The van der Waals surface area contributed by atoms with Crippen LogP contribution >= 0.6 is 0 Å². The highest BCUT2D eigenvalue weighted by Crippen LogP contribution is 2.28. The zero-order chi connectivity index (χ0) is 18.2. The van der Waals surface area contributed by atoms with Crippen molar-refractivity contribution in [3.05, 3.63) is 64.0 Å². The number of nitro groups is 1. The highest BCUT2D eigenvalue weighted by atomic mass is 19.1. The zero-order valence-electron chi connectivity index (χ0n) is 13.4. The van der Waals surface area contributed by atoms with Gasteiger partial charge in [0.15, 0.2) is 17.3 Å². The van der Waals surface area contributed by atoms with E-state index in [-0.39, 0.29) is 42.6 Å². The summed E-state index contributed by atoms with van der Waals surface area (Å²) in [5, 5.41) is 11.0. The average Bonchev–Trinajstić information content (AvgIpc) is 2.60. The lowest BCUT2D eigenvalue weighted by molar-refractivity contribution is -0.385. The van der Waals surface area contributed by atoms with Crippen molar-refractivity contribution < 1.29 is 28.3 Å². The van der Waals surface area contributed by atoms with E-state index in [9.17, 15) is 19.3 Å². The van der Waals surface area contributed by atoms with Crippen LogP contribution in [0.2, 0.25) is 0 Å². The van der Waals surface area contributed by atoms with Crippen LogP contribution in [0.1, 0.15) is 17.3 Å². The van der Waals surface area contributed by atoms with E-state index in [1.54, 1.807) is 13.0 Å². The first-order chi connectivity index (χ1) is 12.0. The SMILES string of the molecule is CCOc1ccc(C(=O)OCCOc2ccccc2F)cc1[N+](=O)[O-]. The Morgan fingerprint density at radius 1 is 1.12 bits per heavy atom. The molecule has 0 fully saturated rings. The summed E-state index contributed by atoms with van der Waals surface area (Å²) >= 11 is 0. The Hall–Kier alpha value is -3.16. The third-order valence-electron chi connectivity index (χ3n) is 3.10. The third-order valence-corrected chi connectivity index (χ3v) is 3.10. The number of para-hydroxylation sites is 1. The molecule has 0 aliphatic rings. The van der Waals surface area contributed by atoms with Gasteiger partial charge in [-0.3, -0.25) is 10.1 Å². The molecule has 0 atom stereocenters. The molecule has 0 spiro atoms. The fourth-order valence-corrected chi connectivity index (χ4v) is 2.00. The molecule has 2 rings (SSSR count). The fraction of sp³-hybridized carbons (Fsp3) is 0.235. The highest BCUT2D eigenvalue weighted by molar-refractivity contribution is 5.90. The maximum atomic E-state index is 13.4. The summed E-state index contributed by atoms with van der Waals surface area (Å²) in [6.45, 7) is 1.78. The lowest BCUT2D eigenvalue weighted by Gasteiger charge is -2.09. The highest BCUT2D eigenvalue weighted by Gasteiger charge is 2.19. The molecular weight excluding hydrogens is 333 g/mol. The minimum Gasteiger partial charge on any atom is -0.487 e. The summed E-state index contributed by atoms with van der Waals surface area (Å²) in [6.07, 6.45) is 0. The van der Waals surface area contributed by atoms with Gasteiger partial charge in [-0.25, -0.2) is 9.18 Å². The second-order valence-corrected chi connectivity index (χ2v) is 4.79. The molecular formula is C17H16FNO6. The van der Waals surface area contributed by atoms with E-state index in [2.05, 4.69) is 0 Å². The lowest BCUT2D eigenvalue weighted by atomic mass is 10.2. The number of hydrogen-bond donors (Lipinski definition) is 0. The predicted octanol–water partition coefficient (Wildman–Crippen LogP) is 3.37. The van der Waals surface area contributed by atoms with Crippen LogP contribution < -0.4 is 9.47 Å². The van der Waals surface area contributed by atoms with Crippen molar-refractivity contribution in [2.24, 2.45) is 0 Å². The van der Waals surface area contributed by atoms with Crippen LogP contribution in [0.3, 0.4) is 0 Å². The van der Waals surface area contributed by atoms with Gasteiger partial charge in [0.25, 0.3) is 0 Å². The van der Waals surface area contributed by atoms with E-state index in [0.717, 1.165) is 6.07 Å². The largest absolute Gasteiger partial charge is 0.487 e. The number of esters is 1. The number of ether oxygens (including phenoxy) is 3. The fourth-order valence-electron chi connectivity index (χ4n) is 2.00. The Kier molecular flexibility index (Phi) is 6.27. The van der Waals surface area contributed by atoms with Crippen LogP contribution in [-0.2, 0) is 4.74 Å². The van der Waals surface area contributed by atoms with Crippen LogP contribution in [0, 0.1) is 15.9 Å². The maximum absolute atomic E-state index is 13.4. The van der Waals surface area contributed by atoms with Crippen molar-refractivity contribution in [3.63, 3.8) is 0 Å². The molecule has 0 aliphatic carbocycles. The molecule has 8 heteroatoms. The van der Waals surface area contributed by atoms with Gasteiger partial charge in [-0.1, -0.05) is 12.1 Å². The summed E-state index contributed by atoms with van der Waals surface area (Å²) in [4.78, 5) is 22.4. The minimum absolute atomic E-state index is 0.0149. The van der Waals surface area contributed by atoms with E-state index < -0.39 is 16.7 Å². The maximum Gasteiger partial charge on any atom is 0.338 e. The van der Waals surface area contributed by atoms with E-state index in [1.807, 2.05) is 0 Å². The smallest absolute Gasteiger partial charge is 0.338 e. The Morgan fingerprint density at radius 2 is 1.88 bits per heavy atom. The lowest BCUT2D eigenvalue weighted by Crippen LogP contribution is -2.13. The van der Waals surface area contributed by atoms with Gasteiger partial charge in [-0.15, -0.1) is 0 Å². The van der Waals surface area contributed by atoms with E-state index in [1.165, 1.54) is 30.3 Å². The molecule has 0 saturated heterocycles. The Morgan fingerprint density at radius 3 is 2.56 bits per heavy atom. The summed E-state index contributed by atoms with van der Waals surface area (Å²) in [6, 6.07) is 9.65. The second kappa shape index (κ2) is 8.62. The number of nitrogens with zero attached hydrogens (tertiary/aromatic N) is 1. The molecule has 25 heavy (non-hydrogen) atoms. The zero-order valence-corrected chi connectivity index (χ0v) is 13.4. The molecule has 2 aromatic rings. The molecule has 0 heterocycles. The van der Waals surface area contributed by atoms with Gasteiger partial charge in [-0.05, 0) is 31.2 Å². The monoisotopic (exact) mass is 349 g/mol. The van der Waals surface area contributed by atoms with Crippen LogP contribution in [0.5, 0.6) is 11.5 Å². The van der Waals surface area contributed by atoms with E-state index >= 15 is 0 Å². The van der Waals surface area contributed by atoms with Gasteiger partial charge in [-0.2, -0.15) is 0 Å². The first-order valence-electron chi connectivity index (χ1n) is 7.48. The Labute approximate surface area is 143 Å². The summed E-state index contributed by atoms with van der Waals surface area (Å²) < 4.78 is 28.6. The van der Waals surface area contributed by atoms with Crippen molar-refractivity contribution in [2.75, 3.05) is 19.8 Å². The molecule has 0 saturated carbocycles. The molecule has 0 aliphatic heterocycles. The summed E-state index contributed by atoms with van der Waals surface area (Å²) in [5.74, 6) is -1.14. The average molecular weight is 349 g/mol. The van der Waals surface area contributed by atoms with Crippen molar-refractivity contribution >= 4 is 11.7 Å². The first kappa shape index (κ1) is 18.2. The van der Waals surface area contributed by atoms with E-state index in [4.69, 9.17) is 14.2 Å². The van der Waals surface area contributed by atoms with Gasteiger partial charge in [0.05, 0.1) is 17.1 Å². The molecule has 7 nitrogen and oxygen atoms in total. The standard InChI is InChI=1S/C17H16FNO6/c1-2-23-16-8-7-12(11-14(16)19(21)22)17(20)25-10-9-24-15-6-4-3-5-13(15)18/h3-8,11H,2,9-10H2,1H3. The van der Waals surface area contributed by atoms with Crippen molar-refractivity contribution in [1.82, 2.24) is 0 Å². The van der Waals surface area contributed by atoms with Crippen LogP contribution in [0.4, 0.5) is 10.1 Å². The normalized spacial score (nSPS) is 10.2. The molecule has 0 amide bonds. The van der Waals surface area contributed by atoms with Crippen LogP contribution in [0.15, 0.2) is 42.5 Å². The quantitative estimate of drug-likeness (QED) is 0.314. The molecule has 0 N–H and O–H groups in total. The van der Waals surface area contributed by atoms with Gasteiger partial charge in [0.2, 0.25) is 0 Å². The first-order valence-corrected chi connectivity index (χ1v) is 7.48. The molecule has 0 aromatic heterocycles. The van der Waals surface area contributed by atoms with Gasteiger partial charge >= 0.3 is 11.7 Å². The molecule has 0 unspecified atom stereocenters. The topological polar surface area (TPSA) is 87.9 Å². The summed E-state index contributed by atoms with van der Waals surface area (Å²) in [5.41, 5.74) is -0.306. The van der Waals surface area contributed by atoms with E-state index in [0.29, 0.717) is 0 Å². The molecule has 2 aromatic carbocycles. The third kappa shape index (κ3) is 4.90. The van der Waals surface area contributed by atoms with Crippen molar-refractivity contribution in [2.45, 2.75) is 6.92 Å². The molecule has 0 bridgehead atoms. The number of carbonyl (C=O) groups is 1. The van der Waals surface area contributed by atoms with Crippen molar-refractivity contribution in [1.29, 1.82) is 0 Å². The minimum atomic E-state index is -0.747. The Bertz CT molecular complexity index is 765. The number of halogens is 1. The number of nitro benzene ring substituents is 1. The van der Waals surface area contributed by atoms with Crippen LogP contribution in [-0.4, -0.2) is 30.7 Å².